The second-order valence-electron chi connectivity index (χ2n) is 8.88. The van der Waals surface area contributed by atoms with E-state index in [0.29, 0.717) is 25.1 Å². The maximum absolute atomic E-state index is 13.5. The molecular formula is C27H25ClN2O6. The van der Waals surface area contributed by atoms with Crippen molar-refractivity contribution < 1.29 is 24.2 Å². The average Bonchev–Trinajstić information content (AvgIpc) is 3.24. The van der Waals surface area contributed by atoms with Crippen LogP contribution in [-0.2, 0) is 29.1 Å². The Balaban J connectivity index is 1.49. The van der Waals surface area contributed by atoms with Crippen LogP contribution in [0.4, 0.5) is 0 Å². The molecule has 5 rings (SSSR count). The van der Waals surface area contributed by atoms with Crippen LogP contribution < -0.4 is 5.43 Å². The summed E-state index contributed by atoms with van der Waals surface area (Å²) >= 11 is 6.15. The molecule has 0 saturated carbocycles. The number of fused-ring (bicyclic) bond motifs is 3. The Labute approximate surface area is 211 Å². The van der Waals surface area contributed by atoms with Gasteiger partial charge in [0.05, 0.1) is 17.5 Å². The summed E-state index contributed by atoms with van der Waals surface area (Å²) in [7, 11) is 1.46. The number of benzene rings is 2. The maximum atomic E-state index is 13.5. The van der Waals surface area contributed by atoms with Gasteiger partial charge in [0.2, 0.25) is 17.1 Å². The lowest BCUT2D eigenvalue weighted by atomic mass is 9.91. The van der Waals surface area contributed by atoms with Gasteiger partial charge < -0.3 is 29.3 Å². The maximum Gasteiger partial charge on any atom is 0.227 e. The summed E-state index contributed by atoms with van der Waals surface area (Å²) in [6, 6.07) is 13.7. The summed E-state index contributed by atoms with van der Waals surface area (Å²) in [6.45, 7) is 0.983. The van der Waals surface area contributed by atoms with Gasteiger partial charge in [-0.3, -0.25) is 9.59 Å². The number of halogens is 1. The number of rotatable bonds is 6. The van der Waals surface area contributed by atoms with Gasteiger partial charge >= 0.3 is 0 Å². The molecule has 3 heterocycles. The molecule has 1 unspecified atom stereocenters. The Morgan fingerprint density at radius 2 is 2.03 bits per heavy atom. The van der Waals surface area contributed by atoms with Gasteiger partial charge in [-0.2, -0.15) is 0 Å². The second-order valence-corrected chi connectivity index (χ2v) is 9.29. The highest BCUT2D eigenvalue weighted by Crippen LogP contribution is 2.37. The van der Waals surface area contributed by atoms with Crippen molar-refractivity contribution in [2.45, 2.75) is 31.9 Å². The molecule has 0 fully saturated rings. The molecule has 1 atom stereocenters. The highest BCUT2D eigenvalue weighted by atomic mass is 35.5. The third-order valence-corrected chi connectivity index (χ3v) is 6.89. The molecule has 8 nitrogen and oxygen atoms in total. The molecule has 2 aromatic carbocycles. The molecule has 0 saturated heterocycles. The van der Waals surface area contributed by atoms with Crippen LogP contribution in [0.2, 0.25) is 5.02 Å². The monoisotopic (exact) mass is 508 g/mol. The molecule has 0 aliphatic carbocycles. The van der Waals surface area contributed by atoms with E-state index in [0.717, 1.165) is 22.7 Å². The molecule has 1 aliphatic heterocycles. The number of amides is 1. The second kappa shape index (κ2) is 9.72. The fourth-order valence-electron chi connectivity index (χ4n) is 4.82. The number of ether oxygens (including phenoxy) is 1. The van der Waals surface area contributed by atoms with Gasteiger partial charge in [-0.1, -0.05) is 35.9 Å². The molecular weight excluding hydrogens is 484 g/mol. The summed E-state index contributed by atoms with van der Waals surface area (Å²) in [6.07, 6.45) is 0.633. The number of phenols is 1. The van der Waals surface area contributed by atoms with Gasteiger partial charge in [0.25, 0.3) is 0 Å². The SMILES string of the molecule is COCc1cc(=O)c(O)c(C(CC(=O)N2CCc3c([nH]c4ccccc34)C2)c2ccc(O)c(Cl)c2)o1. The number of para-hydroxylation sites is 1. The number of aromatic nitrogens is 1. The van der Waals surface area contributed by atoms with Gasteiger partial charge in [0, 0.05) is 42.7 Å². The first kappa shape index (κ1) is 24.0. The van der Waals surface area contributed by atoms with E-state index < -0.39 is 17.1 Å². The molecule has 0 spiro atoms. The van der Waals surface area contributed by atoms with Crippen molar-refractivity contribution in [2.75, 3.05) is 13.7 Å². The van der Waals surface area contributed by atoms with Gasteiger partial charge in [-0.05, 0) is 35.7 Å². The van der Waals surface area contributed by atoms with E-state index in [4.69, 9.17) is 20.8 Å². The van der Waals surface area contributed by atoms with Crippen molar-refractivity contribution in [3.05, 3.63) is 92.1 Å². The zero-order valence-electron chi connectivity index (χ0n) is 19.6. The largest absolute Gasteiger partial charge is 0.506 e. The van der Waals surface area contributed by atoms with Crippen LogP contribution in [0.25, 0.3) is 10.9 Å². The van der Waals surface area contributed by atoms with E-state index in [1.54, 1.807) is 11.0 Å². The van der Waals surface area contributed by atoms with Crippen LogP contribution in [-0.4, -0.2) is 39.7 Å². The number of nitrogens with one attached hydrogen (secondary N) is 1. The predicted octanol–water partition coefficient (Wildman–Crippen LogP) is 4.44. The first-order valence-corrected chi connectivity index (χ1v) is 11.9. The van der Waals surface area contributed by atoms with Crippen molar-refractivity contribution in [3.63, 3.8) is 0 Å². The van der Waals surface area contributed by atoms with Crippen molar-refractivity contribution in [3.8, 4) is 11.5 Å². The number of carbonyl (C=O) groups excluding carboxylic acids is 1. The van der Waals surface area contributed by atoms with Crippen LogP contribution in [0, 0.1) is 0 Å². The Hall–Kier alpha value is -3.75. The van der Waals surface area contributed by atoms with Gasteiger partial charge in [-0.15, -0.1) is 0 Å². The summed E-state index contributed by atoms with van der Waals surface area (Å²) in [4.78, 5) is 31.2. The molecule has 3 N–H and O–H groups in total. The standard InChI is InChI=1S/C27H25ClN2O6/c1-35-14-16-11-24(32)26(34)27(36-16)19(15-6-7-23(31)20(28)10-15)12-25(33)30-9-8-18-17-4-2-3-5-21(17)29-22(18)13-30/h2-7,10-11,19,29,31,34H,8-9,12-14H2,1H3. The van der Waals surface area contributed by atoms with Crippen LogP contribution in [0.1, 0.15) is 40.7 Å². The van der Waals surface area contributed by atoms with Crippen molar-refractivity contribution in [1.82, 2.24) is 9.88 Å². The Morgan fingerprint density at radius 3 is 2.81 bits per heavy atom. The van der Waals surface area contributed by atoms with Crippen molar-refractivity contribution >= 4 is 28.4 Å². The first-order valence-electron chi connectivity index (χ1n) is 11.5. The molecule has 0 radical (unpaired) electrons. The van der Waals surface area contributed by atoms with Gasteiger partial charge in [0.1, 0.15) is 18.1 Å². The van der Waals surface area contributed by atoms with E-state index in [2.05, 4.69) is 11.1 Å². The normalized spacial score (nSPS) is 14.1. The Kier molecular flexibility index (Phi) is 6.47. The van der Waals surface area contributed by atoms with E-state index >= 15 is 0 Å². The quantitative estimate of drug-likeness (QED) is 0.354. The van der Waals surface area contributed by atoms with Crippen LogP contribution in [0.3, 0.4) is 0 Å². The lowest BCUT2D eigenvalue weighted by Crippen LogP contribution is -2.36. The molecule has 1 aliphatic rings. The lowest BCUT2D eigenvalue weighted by molar-refractivity contribution is -0.132. The Morgan fingerprint density at radius 1 is 1.22 bits per heavy atom. The number of hydrogen-bond donors (Lipinski definition) is 3. The highest BCUT2D eigenvalue weighted by Gasteiger charge is 2.30. The van der Waals surface area contributed by atoms with Crippen molar-refractivity contribution in [2.24, 2.45) is 0 Å². The van der Waals surface area contributed by atoms with Crippen LogP contribution >= 0.6 is 11.6 Å². The fraction of sp³-hybridized carbons (Fsp3) is 0.259. The molecule has 4 aromatic rings. The number of aromatic amines is 1. The third kappa shape index (κ3) is 4.45. The van der Waals surface area contributed by atoms with Gasteiger partial charge in [-0.25, -0.2) is 0 Å². The zero-order chi connectivity index (χ0) is 25.4. The molecule has 36 heavy (non-hydrogen) atoms. The molecule has 9 heteroatoms. The number of carbonyl (C=O) groups is 1. The average molecular weight is 509 g/mol. The van der Waals surface area contributed by atoms with E-state index in [9.17, 15) is 19.8 Å². The summed E-state index contributed by atoms with van der Waals surface area (Å²) in [5, 5.41) is 21.8. The number of methoxy groups -OCH3 is 1. The molecule has 2 aromatic heterocycles. The summed E-state index contributed by atoms with van der Waals surface area (Å²) in [5.74, 6) is -1.51. The predicted molar refractivity (Wildman–Crippen MR) is 134 cm³/mol. The smallest absolute Gasteiger partial charge is 0.227 e. The zero-order valence-corrected chi connectivity index (χ0v) is 20.3. The number of hydrogen-bond acceptors (Lipinski definition) is 6. The summed E-state index contributed by atoms with van der Waals surface area (Å²) < 4.78 is 10.9. The topological polar surface area (TPSA) is 116 Å². The minimum Gasteiger partial charge on any atom is -0.506 e. The highest BCUT2D eigenvalue weighted by molar-refractivity contribution is 6.32. The third-order valence-electron chi connectivity index (χ3n) is 6.59. The number of H-pyrrole nitrogens is 1. The number of nitrogens with zero attached hydrogens (tertiary/aromatic N) is 1. The molecule has 1 amide bonds. The molecule has 186 valence electrons. The van der Waals surface area contributed by atoms with Crippen molar-refractivity contribution in [1.29, 1.82) is 0 Å². The van der Waals surface area contributed by atoms with E-state index in [-0.39, 0.29) is 41.2 Å². The minimum absolute atomic E-state index is 0.0226. The Bertz CT molecular complexity index is 1510. The van der Waals surface area contributed by atoms with Gasteiger partial charge in [0.15, 0.2) is 5.76 Å². The lowest BCUT2D eigenvalue weighted by Gasteiger charge is -2.29. The van der Waals surface area contributed by atoms with Crippen LogP contribution in [0.5, 0.6) is 11.5 Å². The van der Waals surface area contributed by atoms with E-state index in [1.807, 2.05) is 18.2 Å². The number of aromatic hydroxyl groups is 2. The summed E-state index contributed by atoms with van der Waals surface area (Å²) in [5.41, 5.74) is 3.13. The fourth-order valence-corrected chi connectivity index (χ4v) is 5.01. The van der Waals surface area contributed by atoms with Crippen LogP contribution in [0.15, 0.2) is 57.7 Å². The van der Waals surface area contributed by atoms with E-state index in [1.165, 1.54) is 24.8 Å². The molecule has 0 bridgehead atoms. The number of phenolic OH excluding ortho intramolecular Hbond substituents is 1. The minimum atomic E-state index is -0.816. The first-order chi connectivity index (χ1) is 17.4.